The molecule has 0 radical (unpaired) electrons. The van der Waals surface area contributed by atoms with E-state index in [1.165, 1.54) is 42.6 Å². The molecule has 1 aromatic carbocycles. The van der Waals surface area contributed by atoms with Crippen LogP contribution in [-0.4, -0.2) is 54.4 Å². The minimum absolute atomic E-state index is 0.131. The molecular formula is C28H39N7. The second kappa shape index (κ2) is 12.6. The zero-order chi connectivity index (χ0) is 24.5. The summed E-state index contributed by atoms with van der Waals surface area (Å²) in [5.74, 6) is 1.91. The van der Waals surface area contributed by atoms with Crippen molar-refractivity contribution in [1.82, 2.24) is 34.7 Å². The fourth-order valence-corrected chi connectivity index (χ4v) is 4.73. The zero-order valence-electron chi connectivity index (χ0n) is 21.4. The molecule has 1 atom stereocenters. The van der Waals surface area contributed by atoms with Gasteiger partial charge in [-0.1, -0.05) is 26.0 Å². The summed E-state index contributed by atoms with van der Waals surface area (Å²) in [5.41, 5.74) is 3.51. The molecule has 4 rings (SSSR count). The number of rotatable bonds is 14. The molecule has 0 aliphatic carbocycles. The average molecular weight is 474 g/mol. The summed E-state index contributed by atoms with van der Waals surface area (Å²) in [6, 6.07) is 11.2. The van der Waals surface area contributed by atoms with E-state index in [-0.39, 0.29) is 6.04 Å². The van der Waals surface area contributed by atoms with E-state index in [0.717, 1.165) is 49.6 Å². The van der Waals surface area contributed by atoms with Gasteiger partial charge in [-0.05, 0) is 76.0 Å². The maximum absolute atomic E-state index is 4.96. The summed E-state index contributed by atoms with van der Waals surface area (Å²) in [4.78, 5) is 25.3. The molecule has 0 saturated heterocycles. The molecule has 3 heterocycles. The molecule has 0 amide bonds. The average Bonchev–Trinajstić information content (AvgIpc) is 3.58. The highest BCUT2D eigenvalue weighted by atomic mass is 15.2. The van der Waals surface area contributed by atoms with Crippen molar-refractivity contribution in [3.05, 3.63) is 78.0 Å². The van der Waals surface area contributed by atoms with Crippen LogP contribution in [0.2, 0.25) is 0 Å². The van der Waals surface area contributed by atoms with Gasteiger partial charge >= 0.3 is 0 Å². The fraction of sp³-hybridized carbons (Fsp3) is 0.464. The van der Waals surface area contributed by atoms with Crippen LogP contribution in [0.25, 0.3) is 10.9 Å². The molecule has 0 aliphatic rings. The largest absolute Gasteiger partial charge is 0.348 e. The highest BCUT2D eigenvalue weighted by molar-refractivity contribution is 5.79. The Morgan fingerprint density at radius 3 is 2.40 bits per heavy atom. The van der Waals surface area contributed by atoms with E-state index in [0.29, 0.717) is 0 Å². The van der Waals surface area contributed by atoms with Crippen LogP contribution in [0.15, 0.2) is 55.1 Å². The molecule has 0 bridgehead atoms. The van der Waals surface area contributed by atoms with Gasteiger partial charge in [0, 0.05) is 42.4 Å². The standard InChI is InChI=1S/C28H39N7/c1-4-16-34(17-5-2)18-6-7-25-10-9-24-19-23(8-11-26(24)33-25)20-35(21-27-29-12-13-30-27)22(3)28-31-14-15-32-28/h8-15,19,22H,4-7,16-18,20-21H2,1-3H3,(H,29,30)(H,31,32). The van der Waals surface area contributed by atoms with E-state index in [9.17, 15) is 0 Å². The van der Waals surface area contributed by atoms with Gasteiger partial charge in [0.2, 0.25) is 0 Å². The first-order chi connectivity index (χ1) is 17.2. The lowest BCUT2D eigenvalue weighted by Crippen LogP contribution is -2.27. The number of hydrogen-bond donors (Lipinski definition) is 2. The Hall–Kier alpha value is -3.03. The molecule has 0 spiro atoms. The molecule has 0 saturated carbocycles. The van der Waals surface area contributed by atoms with Gasteiger partial charge in [0.05, 0.1) is 18.1 Å². The first kappa shape index (κ1) is 25.1. The van der Waals surface area contributed by atoms with Crippen LogP contribution >= 0.6 is 0 Å². The molecule has 4 aromatic rings. The van der Waals surface area contributed by atoms with Gasteiger partial charge in [-0.15, -0.1) is 0 Å². The van der Waals surface area contributed by atoms with Crippen LogP contribution in [0.3, 0.4) is 0 Å². The SMILES string of the molecule is CCCN(CCC)CCCc1ccc2cc(CN(Cc3ncc[nH]3)C(C)c3ncc[nH]3)ccc2n1. The normalized spacial score (nSPS) is 12.7. The third-order valence-electron chi connectivity index (χ3n) is 6.55. The number of imidazole rings is 2. The number of hydrogen-bond acceptors (Lipinski definition) is 5. The lowest BCUT2D eigenvalue weighted by atomic mass is 10.1. The van der Waals surface area contributed by atoms with Gasteiger partial charge in [0.15, 0.2) is 0 Å². The number of nitrogens with one attached hydrogen (secondary N) is 2. The molecule has 2 N–H and O–H groups in total. The summed E-state index contributed by atoms with van der Waals surface area (Å²) in [5, 5.41) is 1.19. The van der Waals surface area contributed by atoms with Crippen molar-refractivity contribution < 1.29 is 0 Å². The third-order valence-corrected chi connectivity index (χ3v) is 6.55. The Morgan fingerprint density at radius 1 is 0.886 bits per heavy atom. The fourth-order valence-electron chi connectivity index (χ4n) is 4.73. The van der Waals surface area contributed by atoms with Crippen molar-refractivity contribution in [2.24, 2.45) is 0 Å². The molecule has 186 valence electrons. The van der Waals surface area contributed by atoms with E-state index < -0.39 is 0 Å². The Balaban J connectivity index is 1.43. The molecule has 7 heteroatoms. The summed E-state index contributed by atoms with van der Waals surface area (Å²) >= 11 is 0. The van der Waals surface area contributed by atoms with E-state index >= 15 is 0 Å². The van der Waals surface area contributed by atoms with Gasteiger partial charge in [0.1, 0.15) is 11.6 Å². The third kappa shape index (κ3) is 6.99. The summed E-state index contributed by atoms with van der Waals surface area (Å²) < 4.78 is 0. The highest BCUT2D eigenvalue weighted by Crippen LogP contribution is 2.23. The minimum Gasteiger partial charge on any atom is -0.348 e. The van der Waals surface area contributed by atoms with Crippen LogP contribution < -0.4 is 0 Å². The van der Waals surface area contributed by atoms with E-state index in [1.807, 2.05) is 12.4 Å². The van der Waals surface area contributed by atoms with Crippen molar-refractivity contribution in [3.8, 4) is 0 Å². The summed E-state index contributed by atoms with van der Waals surface area (Å²) in [7, 11) is 0. The Morgan fingerprint density at radius 2 is 1.69 bits per heavy atom. The number of aromatic nitrogens is 5. The maximum atomic E-state index is 4.96. The molecule has 7 nitrogen and oxygen atoms in total. The van der Waals surface area contributed by atoms with Crippen molar-refractivity contribution in [2.75, 3.05) is 19.6 Å². The van der Waals surface area contributed by atoms with Gasteiger partial charge in [0.25, 0.3) is 0 Å². The maximum Gasteiger partial charge on any atom is 0.123 e. The number of H-pyrrole nitrogens is 2. The second-order valence-corrected chi connectivity index (χ2v) is 9.37. The minimum atomic E-state index is 0.131. The molecule has 1 unspecified atom stereocenters. The Labute approximate surface area is 209 Å². The predicted octanol–water partition coefficient (Wildman–Crippen LogP) is 5.50. The molecule has 35 heavy (non-hydrogen) atoms. The van der Waals surface area contributed by atoms with Crippen LogP contribution in [0.1, 0.15) is 69.0 Å². The second-order valence-electron chi connectivity index (χ2n) is 9.37. The highest BCUT2D eigenvalue weighted by Gasteiger charge is 2.19. The molecule has 3 aromatic heterocycles. The number of aromatic amines is 2. The number of pyridine rings is 1. The van der Waals surface area contributed by atoms with Crippen LogP contribution in [0.4, 0.5) is 0 Å². The summed E-state index contributed by atoms with van der Waals surface area (Å²) in [6.45, 7) is 11.8. The predicted molar refractivity (Wildman–Crippen MR) is 142 cm³/mol. The Bertz CT molecular complexity index is 1130. The van der Waals surface area contributed by atoms with Crippen molar-refractivity contribution in [3.63, 3.8) is 0 Å². The quantitative estimate of drug-likeness (QED) is 0.253. The number of aryl methyl sites for hydroxylation is 1. The van der Waals surface area contributed by atoms with Gasteiger partial charge in [-0.2, -0.15) is 0 Å². The lowest BCUT2D eigenvalue weighted by molar-refractivity contribution is 0.181. The van der Waals surface area contributed by atoms with Gasteiger partial charge in [-0.3, -0.25) is 9.88 Å². The molecule has 0 aliphatic heterocycles. The number of nitrogens with zero attached hydrogens (tertiary/aromatic N) is 5. The smallest absolute Gasteiger partial charge is 0.123 e. The van der Waals surface area contributed by atoms with E-state index in [2.05, 4.69) is 80.8 Å². The van der Waals surface area contributed by atoms with Gasteiger partial charge < -0.3 is 14.9 Å². The monoisotopic (exact) mass is 473 g/mol. The first-order valence-corrected chi connectivity index (χ1v) is 13.0. The Kier molecular flexibility index (Phi) is 9.03. The molecular weight excluding hydrogens is 434 g/mol. The van der Waals surface area contributed by atoms with Crippen molar-refractivity contribution in [2.45, 2.75) is 65.6 Å². The van der Waals surface area contributed by atoms with Crippen molar-refractivity contribution >= 4 is 10.9 Å². The number of fused-ring (bicyclic) bond motifs is 1. The number of benzene rings is 1. The van der Waals surface area contributed by atoms with Crippen molar-refractivity contribution in [1.29, 1.82) is 0 Å². The zero-order valence-corrected chi connectivity index (χ0v) is 21.4. The lowest BCUT2D eigenvalue weighted by Gasteiger charge is -2.27. The first-order valence-electron chi connectivity index (χ1n) is 13.0. The topological polar surface area (TPSA) is 76.7 Å². The van der Waals surface area contributed by atoms with Crippen LogP contribution in [0.5, 0.6) is 0 Å². The van der Waals surface area contributed by atoms with Crippen LogP contribution in [0, 0.1) is 0 Å². The van der Waals surface area contributed by atoms with E-state index in [1.54, 1.807) is 12.4 Å². The van der Waals surface area contributed by atoms with Crippen LogP contribution in [-0.2, 0) is 19.5 Å². The molecule has 0 fully saturated rings. The summed E-state index contributed by atoms with van der Waals surface area (Å²) in [6.07, 6.45) is 12.0. The van der Waals surface area contributed by atoms with Gasteiger partial charge in [-0.25, -0.2) is 9.97 Å². The van der Waals surface area contributed by atoms with E-state index in [4.69, 9.17) is 4.98 Å².